The number of carbonyl (C=O) groups excluding carboxylic acids is 3. The van der Waals surface area contributed by atoms with Gasteiger partial charge in [0, 0.05) is 31.3 Å². The van der Waals surface area contributed by atoms with Crippen LogP contribution in [-0.4, -0.2) is 46.4 Å². The maximum Gasteiger partial charge on any atom is 0.333 e. The molecule has 2 heterocycles. The van der Waals surface area contributed by atoms with E-state index in [1.807, 2.05) is 13.8 Å². The molecule has 2 aliphatic heterocycles. The van der Waals surface area contributed by atoms with Crippen LogP contribution in [0, 0.1) is 28.6 Å². The van der Waals surface area contributed by atoms with E-state index in [4.69, 9.17) is 14.2 Å². The maximum atomic E-state index is 12.6. The number of esters is 3. The van der Waals surface area contributed by atoms with Crippen LogP contribution in [0.3, 0.4) is 0 Å². The van der Waals surface area contributed by atoms with E-state index >= 15 is 0 Å². The number of allylic oxidation sites excluding steroid dienone is 1. The SMILES string of the molecule is CC(=O)O[C@]12CCC(=O)OC(C)(C)[C@@H]1CCC1=C2CC[C@]2(C)[C@@H]([C@H](C)[C@H]3OC(=O)C(C)=C[C@@H]3O)CC[C@@]12C. The minimum Gasteiger partial charge on any atom is -0.459 e. The third-order valence-corrected chi connectivity index (χ3v) is 11.4. The van der Waals surface area contributed by atoms with Crippen molar-refractivity contribution in [3.8, 4) is 0 Å². The molecule has 5 aliphatic rings. The van der Waals surface area contributed by atoms with E-state index in [1.54, 1.807) is 13.0 Å². The highest BCUT2D eigenvalue weighted by Crippen LogP contribution is 2.70. The van der Waals surface area contributed by atoms with E-state index in [0.29, 0.717) is 12.0 Å². The first-order valence-corrected chi connectivity index (χ1v) is 14.4. The summed E-state index contributed by atoms with van der Waals surface area (Å²) < 4.78 is 18.0. The fraction of sp³-hybridized carbons (Fsp3) is 0.774. The van der Waals surface area contributed by atoms with Crippen LogP contribution < -0.4 is 0 Å². The van der Waals surface area contributed by atoms with Crippen molar-refractivity contribution >= 4 is 17.9 Å². The summed E-state index contributed by atoms with van der Waals surface area (Å²) in [5, 5.41) is 10.8. The van der Waals surface area contributed by atoms with Crippen LogP contribution in [-0.2, 0) is 28.6 Å². The van der Waals surface area contributed by atoms with Gasteiger partial charge in [-0.3, -0.25) is 9.59 Å². The summed E-state index contributed by atoms with van der Waals surface area (Å²) in [6.07, 6.45) is 6.32. The average molecular weight is 529 g/mol. The first-order valence-electron chi connectivity index (χ1n) is 14.4. The minimum absolute atomic E-state index is 0.00567. The number of carbonyl (C=O) groups is 3. The van der Waals surface area contributed by atoms with E-state index < -0.39 is 23.4 Å². The third-order valence-electron chi connectivity index (χ3n) is 11.4. The van der Waals surface area contributed by atoms with Crippen LogP contribution in [0.25, 0.3) is 0 Å². The molecular formula is C31H44O7. The number of hydrogen-bond donors (Lipinski definition) is 1. The lowest BCUT2D eigenvalue weighted by molar-refractivity contribution is -0.178. The Bertz CT molecular complexity index is 1120. The topological polar surface area (TPSA) is 99.1 Å². The summed E-state index contributed by atoms with van der Waals surface area (Å²) in [4.78, 5) is 37.6. The van der Waals surface area contributed by atoms with Crippen molar-refractivity contribution in [1.29, 1.82) is 0 Å². The van der Waals surface area contributed by atoms with Gasteiger partial charge < -0.3 is 19.3 Å². The molecule has 7 nitrogen and oxygen atoms in total. The van der Waals surface area contributed by atoms with Crippen LogP contribution in [0.5, 0.6) is 0 Å². The Labute approximate surface area is 226 Å². The van der Waals surface area contributed by atoms with Gasteiger partial charge in [-0.05, 0) is 93.6 Å². The second-order valence-electron chi connectivity index (χ2n) is 13.6. The molecule has 0 radical (unpaired) electrons. The monoisotopic (exact) mass is 528 g/mol. The molecule has 210 valence electrons. The van der Waals surface area contributed by atoms with Gasteiger partial charge in [0.1, 0.15) is 23.4 Å². The smallest absolute Gasteiger partial charge is 0.333 e. The van der Waals surface area contributed by atoms with Crippen LogP contribution in [0.2, 0.25) is 0 Å². The summed E-state index contributed by atoms with van der Waals surface area (Å²) in [5.74, 6) is -0.736. The summed E-state index contributed by atoms with van der Waals surface area (Å²) in [7, 11) is 0. The fourth-order valence-electron chi connectivity index (χ4n) is 9.48. The zero-order valence-corrected chi connectivity index (χ0v) is 24.0. The number of fused-ring (bicyclic) bond motifs is 4. The Morgan fingerprint density at radius 3 is 2.45 bits per heavy atom. The van der Waals surface area contributed by atoms with Crippen molar-refractivity contribution in [2.24, 2.45) is 28.6 Å². The molecule has 1 saturated heterocycles. The molecule has 0 aromatic carbocycles. The average Bonchev–Trinajstić information content (AvgIpc) is 3.05. The van der Waals surface area contributed by atoms with E-state index in [2.05, 4.69) is 20.8 Å². The second-order valence-corrected chi connectivity index (χ2v) is 13.6. The molecule has 2 fully saturated rings. The predicted molar refractivity (Wildman–Crippen MR) is 141 cm³/mol. The van der Waals surface area contributed by atoms with Gasteiger partial charge in [0.05, 0.1) is 0 Å². The molecule has 0 aromatic rings. The largest absolute Gasteiger partial charge is 0.459 e. The number of aliphatic hydroxyl groups is 1. The molecule has 0 amide bonds. The standard InChI is InChI=1S/C31H44O7/c1-17-16-23(33)26(36-27(17)35)18(2)20-10-13-30(7)21-8-9-24-28(4,5)38-25(34)12-15-31(24,37-19(3)32)22(21)11-14-29(20,30)6/h16,18,20,23-24,26,33H,8-15H2,1-7H3/t18-,20+,23-,24-,26+,29+,30-,31-/m0/s1. The zero-order chi connectivity index (χ0) is 27.8. The van der Waals surface area contributed by atoms with Gasteiger partial charge in [0.15, 0.2) is 0 Å². The Morgan fingerprint density at radius 1 is 1.05 bits per heavy atom. The fourth-order valence-corrected chi connectivity index (χ4v) is 9.48. The highest BCUT2D eigenvalue weighted by atomic mass is 16.6. The number of rotatable bonds is 3. The van der Waals surface area contributed by atoms with Gasteiger partial charge in [0.2, 0.25) is 0 Å². The highest BCUT2D eigenvalue weighted by Gasteiger charge is 2.65. The molecule has 0 spiro atoms. The molecule has 0 bridgehead atoms. The number of hydrogen-bond acceptors (Lipinski definition) is 7. The molecule has 0 unspecified atom stereocenters. The van der Waals surface area contributed by atoms with Gasteiger partial charge in [-0.2, -0.15) is 0 Å². The lowest BCUT2D eigenvalue weighted by Crippen LogP contribution is -2.57. The van der Waals surface area contributed by atoms with E-state index in [-0.39, 0.29) is 52.9 Å². The molecule has 5 rings (SSSR count). The van der Waals surface area contributed by atoms with Gasteiger partial charge in [-0.25, -0.2) is 4.79 Å². The summed E-state index contributed by atoms with van der Waals surface area (Å²) in [6, 6.07) is 0. The zero-order valence-electron chi connectivity index (χ0n) is 24.0. The van der Waals surface area contributed by atoms with Gasteiger partial charge in [-0.1, -0.05) is 26.3 Å². The molecule has 1 saturated carbocycles. The molecule has 1 N–H and O–H groups in total. The summed E-state index contributed by atoms with van der Waals surface area (Å²) in [5.41, 5.74) is 1.31. The molecule has 0 aromatic heterocycles. The van der Waals surface area contributed by atoms with Gasteiger partial charge in [-0.15, -0.1) is 0 Å². The molecule has 7 heteroatoms. The second kappa shape index (κ2) is 8.94. The van der Waals surface area contributed by atoms with Gasteiger partial charge in [0.25, 0.3) is 0 Å². The van der Waals surface area contributed by atoms with Crippen molar-refractivity contribution in [2.75, 3.05) is 0 Å². The van der Waals surface area contributed by atoms with Crippen LogP contribution in [0.1, 0.15) is 99.8 Å². The quantitative estimate of drug-likeness (QED) is 0.305. The summed E-state index contributed by atoms with van der Waals surface area (Å²) in [6.45, 7) is 13.9. The van der Waals surface area contributed by atoms with Crippen LogP contribution in [0.4, 0.5) is 0 Å². The Balaban J connectivity index is 1.56. The van der Waals surface area contributed by atoms with Gasteiger partial charge >= 0.3 is 17.9 Å². The number of aliphatic hydroxyl groups excluding tert-OH is 1. The Morgan fingerprint density at radius 2 is 1.76 bits per heavy atom. The highest BCUT2D eigenvalue weighted by molar-refractivity contribution is 5.88. The van der Waals surface area contributed by atoms with Crippen molar-refractivity contribution in [3.63, 3.8) is 0 Å². The first kappa shape index (κ1) is 27.4. The first-order chi connectivity index (χ1) is 17.7. The normalized spacial score (nSPS) is 43.0. The molecule has 38 heavy (non-hydrogen) atoms. The number of ether oxygens (including phenoxy) is 3. The van der Waals surface area contributed by atoms with Crippen molar-refractivity contribution < 1.29 is 33.7 Å². The van der Waals surface area contributed by atoms with Crippen molar-refractivity contribution in [2.45, 2.75) is 123 Å². The van der Waals surface area contributed by atoms with Crippen molar-refractivity contribution in [1.82, 2.24) is 0 Å². The number of cyclic esters (lactones) is 2. The molecule has 8 atom stereocenters. The lowest BCUT2D eigenvalue weighted by atomic mass is 9.48. The lowest BCUT2D eigenvalue weighted by Gasteiger charge is -2.58. The Kier molecular flexibility index (Phi) is 6.45. The minimum atomic E-state index is -0.833. The van der Waals surface area contributed by atoms with E-state index in [0.717, 1.165) is 38.5 Å². The van der Waals surface area contributed by atoms with E-state index in [9.17, 15) is 19.5 Å². The van der Waals surface area contributed by atoms with Crippen molar-refractivity contribution in [3.05, 3.63) is 22.8 Å². The predicted octanol–water partition coefficient (Wildman–Crippen LogP) is 5.20. The van der Waals surface area contributed by atoms with E-state index in [1.165, 1.54) is 18.1 Å². The molecular weight excluding hydrogens is 484 g/mol. The Hall–Kier alpha value is -2.15. The summed E-state index contributed by atoms with van der Waals surface area (Å²) >= 11 is 0. The third kappa shape index (κ3) is 3.82. The maximum absolute atomic E-state index is 12.6. The van der Waals surface area contributed by atoms with Crippen LogP contribution >= 0.6 is 0 Å². The molecule has 3 aliphatic carbocycles. The van der Waals surface area contributed by atoms with Crippen LogP contribution in [0.15, 0.2) is 22.8 Å².